The zero-order valence-corrected chi connectivity index (χ0v) is 23.5. The summed E-state index contributed by atoms with van der Waals surface area (Å²) in [5.74, 6) is 2.13. The van der Waals surface area contributed by atoms with Gasteiger partial charge in [-0.3, -0.25) is 4.98 Å². The number of ether oxygens (including phenoxy) is 1. The maximum absolute atomic E-state index is 13.6. The van der Waals surface area contributed by atoms with Crippen LogP contribution in [0.1, 0.15) is 128 Å². The molecule has 9 heteroatoms. The van der Waals surface area contributed by atoms with Crippen LogP contribution >= 0.6 is 0 Å². The molecule has 6 aliphatic rings. The van der Waals surface area contributed by atoms with Crippen LogP contribution in [-0.2, 0) is 22.9 Å². The van der Waals surface area contributed by atoms with Gasteiger partial charge < -0.3 is 14.4 Å². The van der Waals surface area contributed by atoms with Crippen molar-refractivity contribution in [2.45, 2.75) is 113 Å². The van der Waals surface area contributed by atoms with Crippen molar-refractivity contribution < 1.29 is 32.3 Å². The molecule has 2 aromatic heterocycles. The Morgan fingerprint density at radius 3 is 2.24 bits per heavy atom. The third-order valence-corrected chi connectivity index (χ3v) is 11.0. The molecule has 0 radical (unpaired) electrons. The molecule has 0 amide bonds. The predicted molar refractivity (Wildman–Crippen MR) is 147 cm³/mol. The lowest BCUT2D eigenvalue weighted by Gasteiger charge is -2.53. The van der Waals surface area contributed by atoms with Crippen molar-refractivity contribution in [3.05, 3.63) is 58.1 Å². The van der Waals surface area contributed by atoms with Crippen molar-refractivity contribution in [1.29, 1.82) is 0 Å². The third kappa shape index (κ3) is 4.54. The Hall–Kier alpha value is -2.94. The summed E-state index contributed by atoms with van der Waals surface area (Å²) in [5.41, 5.74) is 1.40. The van der Waals surface area contributed by atoms with Gasteiger partial charge in [-0.25, -0.2) is 4.79 Å². The number of nitrogens with zero attached hydrogens (tertiary/aromatic N) is 2. The van der Waals surface area contributed by atoms with Crippen molar-refractivity contribution in [3.63, 3.8) is 0 Å². The molecule has 6 saturated carbocycles. The Morgan fingerprint density at radius 2 is 1.67 bits per heavy atom. The molecular formula is C33H35F3N2O4. The highest BCUT2D eigenvalue weighted by atomic mass is 19.4. The molecule has 3 aromatic rings. The summed E-state index contributed by atoms with van der Waals surface area (Å²) in [6, 6.07) is 5.13. The molecule has 6 nitrogen and oxygen atoms in total. The van der Waals surface area contributed by atoms with Gasteiger partial charge in [0.15, 0.2) is 0 Å². The fourth-order valence-corrected chi connectivity index (χ4v) is 8.00. The Balaban J connectivity index is 1.03. The number of fused-ring (bicyclic) bond motifs is 4. The highest BCUT2D eigenvalue weighted by Gasteiger charge is 2.52. The van der Waals surface area contributed by atoms with Crippen LogP contribution in [0.3, 0.4) is 0 Å². The van der Waals surface area contributed by atoms with Gasteiger partial charge in [0, 0.05) is 33.9 Å². The third-order valence-electron chi connectivity index (χ3n) is 11.0. The number of rotatable bonds is 9. The van der Waals surface area contributed by atoms with Crippen LogP contribution in [0.25, 0.3) is 10.9 Å². The van der Waals surface area contributed by atoms with Crippen LogP contribution in [0.4, 0.5) is 13.2 Å². The second kappa shape index (κ2) is 9.28. The highest BCUT2D eigenvalue weighted by molar-refractivity contribution is 6.03. The molecule has 0 aliphatic heterocycles. The largest absolute Gasteiger partial charge is 0.478 e. The van der Waals surface area contributed by atoms with Crippen molar-refractivity contribution >= 4 is 16.9 Å². The topological polar surface area (TPSA) is 85.5 Å². The molecule has 1 N–H and O–H groups in total. The monoisotopic (exact) mass is 580 g/mol. The van der Waals surface area contributed by atoms with Crippen LogP contribution in [0.5, 0.6) is 0 Å². The minimum absolute atomic E-state index is 0.0845. The number of carboxylic acids is 1. The van der Waals surface area contributed by atoms with Gasteiger partial charge in [-0.05, 0) is 107 Å². The molecule has 42 heavy (non-hydrogen) atoms. The van der Waals surface area contributed by atoms with Gasteiger partial charge in [0.1, 0.15) is 5.76 Å². The average Bonchev–Trinajstić information content (AvgIpc) is 3.83. The molecule has 1 aromatic carbocycles. The quantitative estimate of drug-likeness (QED) is 0.274. The van der Waals surface area contributed by atoms with E-state index >= 15 is 0 Å². The van der Waals surface area contributed by atoms with Gasteiger partial charge >= 0.3 is 12.1 Å². The molecule has 222 valence electrons. The maximum atomic E-state index is 13.6. The minimum atomic E-state index is -4.65. The van der Waals surface area contributed by atoms with Crippen LogP contribution in [-0.4, -0.2) is 26.8 Å². The number of hydrogen-bond acceptors (Lipinski definition) is 5. The number of alkyl halides is 3. The van der Waals surface area contributed by atoms with Crippen LogP contribution in [0.15, 0.2) is 28.8 Å². The van der Waals surface area contributed by atoms with E-state index in [2.05, 4.69) is 10.1 Å². The number of hydrogen-bond donors (Lipinski definition) is 1. The second-order valence-electron chi connectivity index (χ2n) is 13.7. The fourth-order valence-electron chi connectivity index (χ4n) is 8.00. The lowest BCUT2D eigenvalue weighted by Crippen LogP contribution is -2.50. The number of aromatic nitrogens is 2. The molecule has 0 spiro atoms. The highest BCUT2D eigenvalue weighted by Crippen LogP contribution is 2.58. The van der Waals surface area contributed by atoms with E-state index in [0.717, 1.165) is 80.7 Å². The van der Waals surface area contributed by atoms with Gasteiger partial charge in [0.25, 0.3) is 0 Å². The Bertz CT molecular complexity index is 1530. The maximum Gasteiger partial charge on any atom is 0.416 e. The Labute approximate surface area is 242 Å². The standard InChI is InChI=1S/C33H35F3N2O4/c34-33(35,36)21-15-23(30(39)40)22-7-8-26(37-25(22)16-21)31-9-12-32(13-10-31,14-11-31)41-17-24-28(38-42-29(24)20-5-6-20)27(18-1-2-18)19-3-4-19/h7-8,15-16,18-20,27H,1-6,9-14,17H2,(H,39,40). The number of carboxylic acid groups (broad SMARTS) is 1. The van der Waals surface area contributed by atoms with Crippen LogP contribution in [0.2, 0.25) is 0 Å². The lowest BCUT2D eigenvalue weighted by molar-refractivity contribution is -0.137. The van der Waals surface area contributed by atoms with Gasteiger partial charge in [0.05, 0.1) is 34.5 Å². The van der Waals surface area contributed by atoms with Gasteiger partial charge in [-0.15, -0.1) is 0 Å². The van der Waals surface area contributed by atoms with Gasteiger partial charge in [-0.1, -0.05) is 11.2 Å². The van der Waals surface area contributed by atoms with E-state index in [1.54, 1.807) is 6.07 Å². The smallest absolute Gasteiger partial charge is 0.416 e. The molecule has 0 saturated heterocycles. The summed E-state index contributed by atoms with van der Waals surface area (Å²) >= 11 is 0. The van der Waals surface area contributed by atoms with E-state index in [9.17, 15) is 23.1 Å². The van der Waals surface area contributed by atoms with E-state index in [1.165, 1.54) is 36.9 Å². The second-order valence-corrected chi connectivity index (χ2v) is 13.7. The molecule has 6 fully saturated rings. The molecule has 6 aliphatic carbocycles. The van der Waals surface area contributed by atoms with Gasteiger partial charge in [0.2, 0.25) is 0 Å². The first-order valence-electron chi connectivity index (χ1n) is 15.5. The molecule has 0 unspecified atom stereocenters. The number of aromatic carboxylic acids is 1. The lowest BCUT2D eigenvalue weighted by atomic mass is 9.57. The Morgan fingerprint density at radius 1 is 1.00 bits per heavy atom. The minimum Gasteiger partial charge on any atom is -0.478 e. The average molecular weight is 581 g/mol. The fraction of sp³-hybridized carbons (Fsp3) is 0.606. The summed E-state index contributed by atoms with van der Waals surface area (Å²) in [4.78, 5) is 16.4. The van der Waals surface area contributed by atoms with E-state index < -0.39 is 17.7 Å². The predicted octanol–water partition coefficient (Wildman–Crippen LogP) is 8.28. The summed E-state index contributed by atoms with van der Waals surface area (Å²) in [7, 11) is 0. The van der Waals surface area contributed by atoms with E-state index in [-0.39, 0.29) is 27.5 Å². The Kier molecular flexibility index (Phi) is 5.89. The summed E-state index contributed by atoms with van der Waals surface area (Å²) < 4.78 is 53.5. The van der Waals surface area contributed by atoms with Crippen LogP contribution in [0, 0.1) is 11.8 Å². The summed E-state index contributed by atoms with van der Waals surface area (Å²) in [6.45, 7) is 0.542. The molecule has 2 heterocycles. The molecule has 9 rings (SSSR count). The first-order chi connectivity index (χ1) is 20.1. The number of halogens is 3. The van der Waals surface area contributed by atoms with E-state index in [4.69, 9.17) is 9.26 Å². The normalized spacial score (nSPS) is 27.7. The zero-order valence-electron chi connectivity index (χ0n) is 23.5. The number of benzene rings is 1. The SMILES string of the molecule is O=C(O)c1cc(C(F)(F)F)cc2nc(C34CCC(OCc5c(C(C6CC6)C6CC6)noc5C5CC5)(CC3)CC4)ccc12. The zero-order chi connectivity index (χ0) is 28.9. The van der Waals surface area contributed by atoms with Crippen molar-refractivity contribution in [2.24, 2.45) is 11.8 Å². The van der Waals surface area contributed by atoms with Crippen molar-refractivity contribution in [3.8, 4) is 0 Å². The van der Waals surface area contributed by atoms with Crippen molar-refractivity contribution in [1.82, 2.24) is 10.1 Å². The molecule has 0 atom stereocenters. The molecule has 2 bridgehead atoms. The first kappa shape index (κ1) is 26.7. The summed E-state index contributed by atoms with van der Waals surface area (Å²) in [5, 5.41) is 14.5. The number of carbonyl (C=O) groups is 1. The van der Waals surface area contributed by atoms with E-state index in [0.29, 0.717) is 24.5 Å². The number of pyridine rings is 1. The van der Waals surface area contributed by atoms with Crippen LogP contribution < -0.4 is 0 Å². The van der Waals surface area contributed by atoms with Crippen molar-refractivity contribution in [2.75, 3.05) is 0 Å². The van der Waals surface area contributed by atoms with Gasteiger partial charge in [-0.2, -0.15) is 13.2 Å². The first-order valence-corrected chi connectivity index (χ1v) is 15.5. The summed E-state index contributed by atoms with van der Waals surface area (Å²) in [6.07, 6.45) is 7.94. The molecular weight excluding hydrogens is 545 g/mol. The van der Waals surface area contributed by atoms with E-state index in [1.807, 2.05) is 6.07 Å².